The molecular formula is C20H23N5O. The SMILES string of the molecule is N[C@@H]1c2ccccc2CC12CCN(c1nc3c(nc1CO)C=NC3)CC2. The predicted octanol–water partition coefficient (Wildman–Crippen LogP) is 1.74. The Bertz CT molecular complexity index is 886. The Hall–Kier alpha value is -2.31. The zero-order chi connectivity index (χ0) is 17.7. The summed E-state index contributed by atoms with van der Waals surface area (Å²) in [4.78, 5) is 15.8. The number of hydrogen-bond acceptors (Lipinski definition) is 6. The van der Waals surface area contributed by atoms with Gasteiger partial charge in [0.2, 0.25) is 0 Å². The fourth-order valence-electron chi connectivity index (χ4n) is 4.78. The second-order valence-electron chi connectivity index (χ2n) is 7.66. The molecule has 2 aliphatic heterocycles. The van der Waals surface area contributed by atoms with Gasteiger partial charge in [-0.1, -0.05) is 24.3 Å². The van der Waals surface area contributed by atoms with Crippen molar-refractivity contribution >= 4 is 12.0 Å². The first-order valence-corrected chi connectivity index (χ1v) is 9.29. The molecule has 3 N–H and O–H groups in total. The summed E-state index contributed by atoms with van der Waals surface area (Å²) in [5, 5.41) is 9.75. The maximum absolute atomic E-state index is 9.75. The van der Waals surface area contributed by atoms with Crippen molar-refractivity contribution in [2.75, 3.05) is 18.0 Å². The molecular weight excluding hydrogens is 326 g/mol. The van der Waals surface area contributed by atoms with Crippen molar-refractivity contribution in [1.82, 2.24) is 9.97 Å². The molecule has 1 aromatic heterocycles. The first-order chi connectivity index (χ1) is 12.7. The minimum atomic E-state index is -0.101. The molecule has 5 rings (SSSR count). The second kappa shape index (κ2) is 5.86. The van der Waals surface area contributed by atoms with E-state index >= 15 is 0 Å². The molecule has 0 saturated carbocycles. The third-order valence-corrected chi connectivity index (χ3v) is 6.31. The van der Waals surface area contributed by atoms with Gasteiger partial charge in [-0.05, 0) is 35.8 Å². The topological polar surface area (TPSA) is 87.6 Å². The van der Waals surface area contributed by atoms with Crippen molar-refractivity contribution in [2.45, 2.75) is 38.5 Å². The van der Waals surface area contributed by atoms with E-state index in [1.807, 2.05) is 0 Å². The number of hydrogen-bond donors (Lipinski definition) is 2. The number of anilines is 1. The van der Waals surface area contributed by atoms with Crippen LogP contribution in [0.25, 0.3) is 0 Å². The van der Waals surface area contributed by atoms with Gasteiger partial charge in [0.1, 0.15) is 11.4 Å². The molecule has 0 amide bonds. The van der Waals surface area contributed by atoms with Gasteiger partial charge in [-0.2, -0.15) is 0 Å². The van der Waals surface area contributed by atoms with Gasteiger partial charge in [0.15, 0.2) is 5.82 Å². The van der Waals surface area contributed by atoms with Crippen molar-refractivity contribution in [3.8, 4) is 0 Å². The number of nitrogens with zero attached hydrogens (tertiary/aromatic N) is 4. The van der Waals surface area contributed by atoms with Crippen molar-refractivity contribution in [1.29, 1.82) is 0 Å². The van der Waals surface area contributed by atoms with Gasteiger partial charge in [-0.15, -0.1) is 0 Å². The lowest BCUT2D eigenvalue weighted by Gasteiger charge is -2.43. The molecule has 1 aromatic carbocycles. The summed E-state index contributed by atoms with van der Waals surface area (Å²) >= 11 is 0. The Morgan fingerprint density at radius 2 is 2.00 bits per heavy atom. The van der Waals surface area contributed by atoms with Crippen LogP contribution in [0, 0.1) is 5.41 Å². The van der Waals surface area contributed by atoms with E-state index in [9.17, 15) is 5.11 Å². The summed E-state index contributed by atoms with van der Waals surface area (Å²) in [6.45, 7) is 2.26. The van der Waals surface area contributed by atoms with Gasteiger partial charge < -0.3 is 15.7 Å². The molecule has 6 nitrogen and oxygen atoms in total. The van der Waals surface area contributed by atoms with Crippen LogP contribution in [0.3, 0.4) is 0 Å². The summed E-state index contributed by atoms with van der Waals surface area (Å²) in [5.74, 6) is 0.815. The van der Waals surface area contributed by atoms with Crippen LogP contribution < -0.4 is 10.6 Å². The fraction of sp³-hybridized carbons (Fsp3) is 0.450. The van der Waals surface area contributed by atoms with E-state index in [1.54, 1.807) is 6.21 Å². The fourth-order valence-corrected chi connectivity index (χ4v) is 4.78. The zero-order valence-corrected chi connectivity index (χ0v) is 14.7. The number of aliphatic imine (C=N–C) groups is 1. The first kappa shape index (κ1) is 15.9. The van der Waals surface area contributed by atoms with Gasteiger partial charge >= 0.3 is 0 Å². The van der Waals surface area contributed by atoms with E-state index in [2.05, 4.69) is 39.1 Å². The number of piperidine rings is 1. The zero-order valence-electron chi connectivity index (χ0n) is 14.7. The molecule has 1 atom stereocenters. The molecule has 6 heteroatoms. The molecule has 2 aromatic rings. The summed E-state index contributed by atoms with van der Waals surface area (Å²) < 4.78 is 0. The van der Waals surface area contributed by atoms with Crippen LogP contribution >= 0.6 is 0 Å². The molecule has 0 bridgehead atoms. The standard InChI is InChI=1S/C20H23N5O/c21-18-14-4-2-1-3-13(14)9-20(18)5-7-25(8-6-20)19-17(12-26)23-15-10-22-11-16(15)24-19/h1-4,10,18,26H,5-9,11-12,21H2/t18-/m1/s1. The van der Waals surface area contributed by atoms with Gasteiger partial charge in [0.25, 0.3) is 0 Å². The predicted molar refractivity (Wildman–Crippen MR) is 100 cm³/mol. The van der Waals surface area contributed by atoms with Crippen LogP contribution in [0.5, 0.6) is 0 Å². The number of fused-ring (bicyclic) bond motifs is 2. The Balaban J connectivity index is 1.39. The minimum absolute atomic E-state index is 0.101. The highest BCUT2D eigenvalue weighted by molar-refractivity contribution is 5.81. The van der Waals surface area contributed by atoms with Crippen molar-refractivity contribution in [3.63, 3.8) is 0 Å². The van der Waals surface area contributed by atoms with Crippen LogP contribution in [0.15, 0.2) is 29.3 Å². The van der Waals surface area contributed by atoms with E-state index < -0.39 is 0 Å². The van der Waals surface area contributed by atoms with Crippen molar-refractivity contribution in [2.24, 2.45) is 16.1 Å². The average Bonchev–Trinajstić information content (AvgIpc) is 3.24. The van der Waals surface area contributed by atoms with Gasteiger partial charge in [-0.3, -0.25) is 4.99 Å². The number of aliphatic hydroxyl groups excluding tert-OH is 1. The normalized spacial score (nSPS) is 22.7. The van der Waals surface area contributed by atoms with Crippen LogP contribution in [0.4, 0.5) is 5.82 Å². The van der Waals surface area contributed by atoms with Crippen LogP contribution in [0.1, 0.15) is 47.1 Å². The quantitative estimate of drug-likeness (QED) is 0.862. The lowest BCUT2D eigenvalue weighted by Crippen LogP contribution is -2.45. The largest absolute Gasteiger partial charge is 0.390 e. The van der Waals surface area contributed by atoms with Crippen LogP contribution in [-0.2, 0) is 19.6 Å². The molecule has 26 heavy (non-hydrogen) atoms. The Morgan fingerprint density at radius 1 is 1.19 bits per heavy atom. The van der Waals surface area contributed by atoms with Crippen molar-refractivity contribution in [3.05, 3.63) is 52.5 Å². The van der Waals surface area contributed by atoms with E-state index in [1.165, 1.54) is 11.1 Å². The summed E-state index contributed by atoms with van der Waals surface area (Å²) in [6.07, 6.45) is 4.87. The maximum Gasteiger partial charge on any atom is 0.153 e. The highest BCUT2D eigenvalue weighted by atomic mass is 16.3. The molecule has 1 aliphatic carbocycles. The number of benzene rings is 1. The summed E-state index contributed by atoms with van der Waals surface area (Å²) in [5.41, 5.74) is 11.9. The molecule has 3 heterocycles. The Labute approximate surface area is 152 Å². The summed E-state index contributed by atoms with van der Waals surface area (Å²) in [7, 11) is 0. The van der Waals surface area contributed by atoms with Crippen molar-refractivity contribution < 1.29 is 5.11 Å². The van der Waals surface area contributed by atoms with E-state index in [0.29, 0.717) is 12.2 Å². The number of aliphatic hydroxyl groups is 1. The minimum Gasteiger partial charge on any atom is -0.390 e. The summed E-state index contributed by atoms with van der Waals surface area (Å²) in [6, 6.07) is 8.69. The van der Waals surface area contributed by atoms with Crippen LogP contribution in [0.2, 0.25) is 0 Å². The molecule has 0 unspecified atom stereocenters. The monoisotopic (exact) mass is 349 g/mol. The lowest BCUT2D eigenvalue weighted by molar-refractivity contribution is 0.186. The Kier molecular flexibility index (Phi) is 3.58. The average molecular weight is 349 g/mol. The molecule has 1 spiro atoms. The van der Waals surface area contributed by atoms with Crippen LogP contribution in [-0.4, -0.2) is 34.4 Å². The highest BCUT2D eigenvalue weighted by Crippen LogP contribution is 2.51. The van der Waals surface area contributed by atoms with E-state index in [4.69, 9.17) is 10.7 Å². The number of aromatic nitrogens is 2. The lowest BCUT2D eigenvalue weighted by atomic mass is 9.73. The smallest absolute Gasteiger partial charge is 0.153 e. The molecule has 134 valence electrons. The highest BCUT2D eigenvalue weighted by Gasteiger charge is 2.46. The molecule has 0 radical (unpaired) electrons. The number of rotatable bonds is 2. The molecule has 3 aliphatic rings. The van der Waals surface area contributed by atoms with Gasteiger partial charge in [-0.25, -0.2) is 9.97 Å². The Morgan fingerprint density at radius 3 is 2.77 bits per heavy atom. The number of nitrogens with two attached hydrogens (primary N) is 1. The maximum atomic E-state index is 9.75. The third kappa shape index (κ3) is 2.29. The third-order valence-electron chi connectivity index (χ3n) is 6.31. The van der Waals surface area contributed by atoms with E-state index in [0.717, 1.165) is 49.6 Å². The van der Waals surface area contributed by atoms with Gasteiger partial charge in [0, 0.05) is 25.3 Å². The van der Waals surface area contributed by atoms with Gasteiger partial charge in [0.05, 0.1) is 18.8 Å². The first-order valence-electron chi connectivity index (χ1n) is 9.29. The second-order valence-corrected chi connectivity index (χ2v) is 7.66. The van der Waals surface area contributed by atoms with E-state index in [-0.39, 0.29) is 18.1 Å². The molecule has 1 fully saturated rings. The molecule has 1 saturated heterocycles.